The third kappa shape index (κ3) is 2.49. The maximum Gasteiger partial charge on any atom is 0.183 e. The number of nitrogens with zero attached hydrogens (tertiary/aromatic N) is 1. The highest BCUT2D eigenvalue weighted by atomic mass is 32.1. The fourth-order valence-electron chi connectivity index (χ4n) is 1.89. The van der Waals surface area contributed by atoms with Crippen molar-refractivity contribution < 1.29 is 0 Å². The van der Waals surface area contributed by atoms with Crippen LogP contribution in [0.2, 0.25) is 0 Å². The van der Waals surface area contributed by atoms with E-state index in [4.69, 9.17) is 0 Å². The van der Waals surface area contributed by atoms with Gasteiger partial charge in [0.25, 0.3) is 0 Å². The smallest absolute Gasteiger partial charge is 0.183 e. The lowest BCUT2D eigenvalue weighted by Crippen LogP contribution is -2.45. The van der Waals surface area contributed by atoms with Crippen molar-refractivity contribution in [2.45, 2.75) is 39.2 Å². The number of piperidine rings is 1. The molecule has 84 valence electrons. The van der Waals surface area contributed by atoms with Crippen LogP contribution in [0.5, 0.6) is 0 Å². The molecule has 0 unspecified atom stereocenters. The van der Waals surface area contributed by atoms with E-state index >= 15 is 0 Å². The molecule has 0 aliphatic carbocycles. The van der Waals surface area contributed by atoms with Crippen LogP contribution in [0.3, 0.4) is 0 Å². The quantitative estimate of drug-likeness (QED) is 0.811. The molecule has 0 radical (unpaired) electrons. The van der Waals surface area contributed by atoms with E-state index in [0.717, 1.165) is 23.9 Å². The second kappa shape index (κ2) is 4.10. The van der Waals surface area contributed by atoms with Gasteiger partial charge < -0.3 is 10.6 Å². The highest BCUT2D eigenvalue weighted by Crippen LogP contribution is 2.28. The van der Waals surface area contributed by atoms with Gasteiger partial charge in [-0.15, -0.1) is 11.3 Å². The van der Waals surface area contributed by atoms with Crippen molar-refractivity contribution >= 4 is 16.5 Å². The topological polar surface area (TPSA) is 37.0 Å². The molecule has 2 N–H and O–H groups in total. The van der Waals surface area contributed by atoms with Gasteiger partial charge >= 0.3 is 0 Å². The summed E-state index contributed by atoms with van der Waals surface area (Å²) in [7, 11) is 0. The van der Waals surface area contributed by atoms with Gasteiger partial charge in [-0.25, -0.2) is 4.98 Å². The number of aryl methyl sites for hydroxylation is 2. The van der Waals surface area contributed by atoms with Crippen LogP contribution in [0.25, 0.3) is 0 Å². The van der Waals surface area contributed by atoms with Crippen molar-refractivity contribution in [3.63, 3.8) is 0 Å². The third-order valence-electron chi connectivity index (χ3n) is 3.14. The second-order valence-corrected chi connectivity index (χ2v) is 5.80. The van der Waals surface area contributed by atoms with E-state index in [0.29, 0.717) is 0 Å². The van der Waals surface area contributed by atoms with Crippen molar-refractivity contribution in [3.05, 3.63) is 10.6 Å². The summed E-state index contributed by atoms with van der Waals surface area (Å²) >= 11 is 1.76. The van der Waals surface area contributed by atoms with E-state index in [1.807, 2.05) is 0 Å². The summed E-state index contributed by atoms with van der Waals surface area (Å²) in [5.74, 6) is 0. The van der Waals surface area contributed by atoms with E-state index < -0.39 is 0 Å². The summed E-state index contributed by atoms with van der Waals surface area (Å²) in [6, 6.07) is 0. The molecule has 15 heavy (non-hydrogen) atoms. The molecule has 1 fully saturated rings. The van der Waals surface area contributed by atoms with Crippen molar-refractivity contribution in [2.75, 3.05) is 18.4 Å². The molecule has 4 heteroatoms. The minimum absolute atomic E-state index is 0.224. The minimum atomic E-state index is 0.224. The average molecular weight is 225 g/mol. The van der Waals surface area contributed by atoms with Crippen molar-refractivity contribution in [2.24, 2.45) is 0 Å². The van der Waals surface area contributed by atoms with Gasteiger partial charge in [0.15, 0.2) is 5.13 Å². The standard InChI is InChI=1S/C11H19N3S/c1-8-9(2)15-10(13-8)14-11(3)4-6-12-7-5-11/h12H,4-7H2,1-3H3,(H,13,14). The Hall–Kier alpha value is -0.610. The molecule has 2 heterocycles. The van der Waals surface area contributed by atoms with Crippen LogP contribution >= 0.6 is 11.3 Å². The number of nitrogens with one attached hydrogen (secondary N) is 2. The molecule has 0 saturated carbocycles. The molecule has 0 aromatic carbocycles. The Bertz CT molecular complexity index is 320. The normalized spacial score (nSPS) is 20.2. The van der Waals surface area contributed by atoms with E-state index in [9.17, 15) is 0 Å². The van der Waals surface area contributed by atoms with Crippen LogP contribution in [-0.4, -0.2) is 23.6 Å². The van der Waals surface area contributed by atoms with Crippen molar-refractivity contribution in [1.82, 2.24) is 10.3 Å². The van der Waals surface area contributed by atoms with E-state index in [-0.39, 0.29) is 5.54 Å². The third-order valence-corrected chi connectivity index (χ3v) is 4.13. The van der Waals surface area contributed by atoms with E-state index in [1.165, 1.54) is 17.7 Å². The number of aromatic nitrogens is 1. The number of hydrogen-bond donors (Lipinski definition) is 2. The first-order valence-electron chi connectivity index (χ1n) is 5.52. The zero-order chi connectivity index (χ0) is 10.9. The fraction of sp³-hybridized carbons (Fsp3) is 0.727. The van der Waals surface area contributed by atoms with Crippen LogP contribution in [0.1, 0.15) is 30.3 Å². The van der Waals surface area contributed by atoms with Gasteiger partial charge in [0.05, 0.1) is 5.69 Å². The van der Waals surface area contributed by atoms with Crippen LogP contribution in [-0.2, 0) is 0 Å². The molecule has 1 saturated heterocycles. The van der Waals surface area contributed by atoms with Crippen molar-refractivity contribution in [3.8, 4) is 0 Å². The van der Waals surface area contributed by atoms with Gasteiger partial charge in [-0.1, -0.05) is 0 Å². The first kappa shape index (κ1) is 10.9. The highest BCUT2D eigenvalue weighted by Gasteiger charge is 2.27. The molecule has 1 aliphatic heterocycles. The van der Waals surface area contributed by atoms with Gasteiger partial charge in [-0.05, 0) is 46.7 Å². The van der Waals surface area contributed by atoms with E-state index in [1.54, 1.807) is 11.3 Å². The number of thiazole rings is 1. The maximum absolute atomic E-state index is 4.54. The van der Waals surface area contributed by atoms with Gasteiger partial charge in [0.2, 0.25) is 0 Å². The summed E-state index contributed by atoms with van der Waals surface area (Å²) in [4.78, 5) is 5.85. The predicted molar refractivity (Wildman–Crippen MR) is 65.7 cm³/mol. The lowest BCUT2D eigenvalue weighted by molar-refractivity contribution is 0.365. The number of rotatable bonds is 2. The number of anilines is 1. The molecule has 1 aromatic heterocycles. The Labute approximate surface area is 95.3 Å². The zero-order valence-corrected chi connectivity index (χ0v) is 10.5. The summed E-state index contributed by atoms with van der Waals surface area (Å²) < 4.78 is 0. The molecule has 0 bridgehead atoms. The van der Waals surface area contributed by atoms with Crippen LogP contribution in [0.4, 0.5) is 5.13 Å². The Morgan fingerprint density at radius 3 is 2.53 bits per heavy atom. The predicted octanol–water partition coefficient (Wildman–Crippen LogP) is 2.31. The molecule has 0 amide bonds. The highest BCUT2D eigenvalue weighted by molar-refractivity contribution is 7.15. The average Bonchev–Trinajstić information content (AvgIpc) is 2.46. The molecular formula is C11H19N3S. The minimum Gasteiger partial charge on any atom is -0.356 e. The monoisotopic (exact) mass is 225 g/mol. The van der Waals surface area contributed by atoms with Gasteiger partial charge in [-0.2, -0.15) is 0 Å². The first-order valence-corrected chi connectivity index (χ1v) is 6.34. The SMILES string of the molecule is Cc1nc(NC2(C)CCNCC2)sc1C. The zero-order valence-electron chi connectivity index (χ0n) is 9.68. The van der Waals surface area contributed by atoms with Gasteiger partial charge in [0, 0.05) is 10.4 Å². The summed E-state index contributed by atoms with van der Waals surface area (Å²) in [5, 5.41) is 8.05. The Morgan fingerprint density at radius 2 is 2.00 bits per heavy atom. The van der Waals surface area contributed by atoms with Crippen LogP contribution in [0, 0.1) is 13.8 Å². The Kier molecular flexibility index (Phi) is 2.98. The lowest BCUT2D eigenvalue weighted by atomic mass is 9.91. The summed E-state index contributed by atoms with van der Waals surface area (Å²) in [6.07, 6.45) is 2.34. The summed E-state index contributed by atoms with van der Waals surface area (Å²) in [6.45, 7) is 8.70. The van der Waals surface area contributed by atoms with Crippen molar-refractivity contribution in [1.29, 1.82) is 0 Å². The molecule has 0 spiro atoms. The van der Waals surface area contributed by atoms with Gasteiger partial charge in [-0.3, -0.25) is 0 Å². The number of hydrogen-bond acceptors (Lipinski definition) is 4. The first-order chi connectivity index (χ1) is 7.09. The second-order valence-electron chi connectivity index (χ2n) is 4.60. The maximum atomic E-state index is 4.54. The van der Waals surface area contributed by atoms with E-state index in [2.05, 4.69) is 36.4 Å². The Balaban J connectivity index is 2.06. The Morgan fingerprint density at radius 1 is 1.33 bits per heavy atom. The molecule has 3 nitrogen and oxygen atoms in total. The molecule has 0 atom stereocenters. The molecule has 1 aromatic rings. The van der Waals surface area contributed by atoms with Gasteiger partial charge in [0.1, 0.15) is 0 Å². The summed E-state index contributed by atoms with van der Waals surface area (Å²) in [5.41, 5.74) is 1.38. The molecular weight excluding hydrogens is 206 g/mol. The molecule has 1 aliphatic rings. The lowest BCUT2D eigenvalue weighted by Gasteiger charge is -2.34. The fourth-order valence-corrected chi connectivity index (χ4v) is 2.85. The molecule has 2 rings (SSSR count). The van der Waals surface area contributed by atoms with Crippen LogP contribution in [0.15, 0.2) is 0 Å². The van der Waals surface area contributed by atoms with Crippen LogP contribution < -0.4 is 10.6 Å². The largest absolute Gasteiger partial charge is 0.356 e.